The van der Waals surface area contributed by atoms with Crippen LogP contribution in [0.25, 0.3) is 11.2 Å². The molecule has 3 aromatic rings. The van der Waals surface area contributed by atoms with Crippen molar-refractivity contribution in [3.63, 3.8) is 0 Å². The van der Waals surface area contributed by atoms with Gasteiger partial charge in [0.25, 0.3) is 0 Å². The van der Waals surface area contributed by atoms with E-state index in [1.54, 1.807) is 10.6 Å². The van der Waals surface area contributed by atoms with E-state index in [1.807, 2.05) is 18.2 Å². The summed E-state index contributed by atoms with van der Waals surface area (Å²) >= 11 is 6.05. The fourth-order valence-corrected chi connectivity index (χ4v) is 4.86. The minimum Gasteiger partial charge on any atom is -0.382 e. The lowest BCUT2D eigenvalue weighted by Gasteiger charge is -2.20. The average molecular weight is 446 g/mol. The van der Waals surface area contributed by atoms with Gasteiger partial charge in [-0.2, -0.15) is 14.5 Å². The number of halogens is 1. The normalized spacial score (nSPS) is 29.0. The number of aromatic nitrogens is 4. The molecule has 2 unspecified atom stereocenters. The fourth-order valence-electron chi connectivity index (χ4n) is 4.64. The molecule has 1 aromatic carbocycles. The molecule has 2 aromatic heterocycles. The first-order valence-corrected chi connectivity index (χ1v) is 10.2. The Labute approximate surface area is 182 Å². The van der Waals surface area contributed by atoms with Crippen molar-refractivity contribution in [1.29, 1.82) is 0 Å². The van der Waals surface area contributed by atoms with Crippen LogP contribution in [0.2, 0.25) is 5.02 Å². The predicted molar refractivity (Wildman–Crippen MR) is 113 cm³/mol. The van der Waals surface area contributed by atoms with Crippen LogP contribution >= 0.6 is 11.6 Å². The summed E-state index contributed by atoms with van der Waals surface area (Å²) in [7, 11) is 1.51. The Morgan fingerprint density at radius 3 is 2.94 bits per heavy atom. The van der Waals surface area contributed by atoms with E-state index >= 15 is 0 Å². The van der Waals surface area contributed by atoms with Crippen LogP contribution in [0.4, 0.5) is 16.6 Å². The monoisotopic (exact) mass is 445 g/mol. The Balaban J connectivity index is 1.49. The third-order valence-electron chi connectivity index (χ3n) is 6.17. The number of hydrogen-bond acceptors (Lipinski definition) is 8. The number of anilines is 2. The van der Waals surface area contributed by atoms with E-state index in [0.29, 0.717) is 35.1 Å². The summed E-state index contributed by atoms with van der Waals surface area (Å²) < 4.78 is 1.45. The summed E-state index contributed by atoms with van der Waals surface area (Å²) in [5.41, 5.74) is 7.79. The SMILES string of the molecule is CNC(=O)[N@@+]12C[C@@H]1[C@@H](n1cnc3c(NCc4cccc(Cl)c4)nc(N)nc31)C(O)C2O. The van der Waals surface area contributed by atoms with Gasteiger partial charge in [0.05, 0.1) is 6.33 Å². The maximum atomic E-state index is 12.4. The van der Waals surface area contributed by atoms with Crippen molar-refractivity contribution in [3.05, 3.63) is 41.2 Å². The molecular weight excluding hydrogens is 424 g/mol. The number of benzene rings is 1. The van der Waals surface area contributed by atoms with Crippen LogP contribution in [0.15, 0.2) is 30.6 Å². The number of nitrogens with one attached hydrogen (secondary N) is 2. The van der Waals surface area contributed by atoms with Crippen molar-refractivity contribution in [2.24, 2.45) is 0 Å². The molecule has 6 N–H and O–H groups in total. The minimum atomic E-state index is -1.23. The number of aliphatic hydroxyl groups is 2. The largest absolute Gasteiger partial charge is 0.419 e. The van der Waals surface area contributed by atoms with Gasteiger partial charge in [0.1, 0.15) is 12.6 Å². The highest BCUT2D eigenvalue weighted by molar-refractivity contribution is 6.30. The van der Waals surface area contributed by atoms with Gasteiger partial charge >= 0.3 is 6.03 Å². The van der Waals surface area contributed by atoms with Crippen molar-refractivity contribution in [2.75, 3.05) is 24.6 Å². The number of imidazole rings is 1. The number of quaternary nitrogens is 1. The Bertz CT molecular complexity index is 1190. The number of nitrogen functional groups attached to an aromatic ring is 1. The summed E-state index contributed by atoms with van der Waals surface area (Å²) in [6.45, 7) is 0.867. The third-order valence-corrected chi connectivity index (χ3v) is 6.41. The molecule has 2 amide bonds. The summed E-state index contributed by atoms with van der Waals surface area (Å²) in [6, 6.07) is 6.23. The van der Waals surface area contributed by atoms with Gasteiger partial charge in [0.2, 0.25) is 12.2 Å². The number of carbonyl (C=O) groups is 1. The Kier molecular flexibility index (Phi) is 4.52. The van der Waals surface area contributed by atoms with Gasteiger partial charge in [-0.05, 0) is 17.7 Å². The average Bonchev–Trinajstić information content (AvgIpc) is 3.29. The summed E-state index contributed by atoms with van der Waals surface area (Å²) in [5.74, 6) is 0.482. The van der Waals surface area contributed by atoms with Gasteiger partial charge in [-0.1, -0.05) is 23.7 Å². The molecule has 4 heterocycles. The number of amides is 2. The Morgan fingerprint density at radius 2 is 2.19 bits per heavy atom. The number of hydrogen-bond donors (Lipinski definition) is 5. The number of nitrogens with two attached hydrogens (primary N) is 1. The number of urea groups is 1. The third kappa shape index (κ3) is 2.92. The molecule has 11 nitrogen and oxygen atoms in total. The number of fused-ring (bicyclic) bond motifs is 2. The second-order valence-electron chi connectivity index (χ2n) is 7.87. The smallest absolute Gasteiger partial charge is 0.382 e. The molecule has 162 valence electrons. The van der Waals surface area contributed by atoms with Crippen LogP contribution in [-0.2, 0) is 6.54 Å². The van der Waals surface area contributed by atoms with Gasteiger partial charge < -0.3 is 31.1 Å². The van der Waals surface area contributed by atoms with Gasteiger partial charge in [-0.15, -0.1) is 0 Å². The lowest BCUT2D eigenvalue weighted by atomic mass is 10.1. The molecule has 2 aliphatic rings. The Morgan fingerprint density at radius 1 is 1.39 bits per heavy atom. The molecule has 0 aliphatic carbocycles. The van der Waals surface area contributed by atoms with Crippen LogP contribution in [0.3, 0.4) is 0 Å². The first kappa shape index (κ1) is 19.9. The van der Waals surface area contributed by atoms with Gasteiger partial charge in [0.15, 0.2) is 29.1 Å². The number of piperidine rings is 1. The first-order valence-electron chi connectivity index (χ1n) is 9.81. The maximum Gasteiger partial charge on any atom is 0.419 e. The van der Waals surface area contributed by atoms with E-state index in [1.165, 1.54) is 13.4 Å². The zero-order valence-electron chi connectivity index (χ0n) is 16.6. The zero-order chi connectivity index (χ0) is 21.9. The van der Waals surface area contributed by atoms with Crippen LogP contribution in [-0.4, -0.2) is 72.2 Å². The second-order valence-corrected chi connectivity index (χ2v) is 8.30. The van der Waals surface area contributed by atoms with E-state index in [-0.39, 0.29) is 22.5 Å². The van der Waals surface area contributed by atoms with E-state index < -0.39 is 18.4 Å². The van der Waals surface area contributed by atoms with Crippen LogP contribution in [0, 0.1) is 0 Å². The topological polar surface area (TPSA) is 151 Å². The van der Waals surface area contributed by atoms with Crippen molar-refractivity contribution in [2.45, 2.75) is 31.0 Å². The molecule has 2 saturated heterocycles. The van der Waals surface area contributed by atoms with Crippen LogP contribution in [0.1, 0.15) is 11.6 Å². The highest BCUT2D eigenvalue weighted by atomic mass is 35.5. The number of aliphatic hydroxyl groups excluding tert-OH is 2. The quantitative estimate of drug-likeness (QED) is 0.287. The molecule has 5 rings (SSSR count). The standard InChI is InChI=1S/C19H21ClN8O3/c1-22-19(31)28-7-11(28)13(14(29)17(28)30)27-8-24-12-15(25-18(21)26-16(12)27)23-6-9-3-2-4-10(20)5-9/h2-5,8,11,13-14,17,29-30H,6-7H2,1H3,(H3-,21,22,23,25,26,31)/p+1/t11-,13-,14?,17?,28+/m1/s1. The van der Waals surface area contributed by atoms with E-state index in [2.05, 4.69) is 25.6 Å². The first-order chi connectivity index (χ1) is 14.9. The van der Waals surface area contributed by atoms with E-state index in [0.717, 1.165) is 5.56 Å². The van der Waals surface area contributed by atoms with E-state index in [9.17, 15) is 15.0 Å². The molecule has 12 heteroatoms. The van der Waals surface area contributed by atoms with Gasteiger partial charge in [-0.3, -0.25) is 0 Å². The lowest BCUT2D eigenvalue weighted by molar-refractivity contribution is -0.779. The maximum absolute atomic E-state index is 12.4. The Hall–Kier alpha value is -2.99. The number of carbonyl (C=O) groups excluding carboxylic acids is 1. The van der Waals surface area contributed by atoms with Gasteiger partial charge in [0, 0.05) is 18.6 Å². The van der Waals surface area contributed by atoms with E-state index in [4.69, 9.17) is 17.3 Å². The molecule has 31 heavy (non-hydrogen) atoms. The van der Waals surface area contributed by atoms with Crippen molar-refractivity contribution in [3.8, 4) is 0 Å². The molecule has 0 radical (unpaired) electrons. The summed E-state index contributed by atoms with van der Waals surface area (Å²) in [6.07, 6.45) is -0.855. The molecule has 2 fully saturated rings. The van der Waals surface area contributed by atoms with Gasteiger partial charge in [-0.25, -0.2) is 9.78 Å². The lowest BCUT2D eigenvalue weighted by Crippen LogP contribution is -2.50. The molecule has 0 saturated carbocycles. The minimum absolute atomic E-state index is 0.0405. The molecule has 0 spiro atoms. The molecule has 0 bridgehead atoms. The predicted octanol–water partition coefficient (Wildman–Crippen LogP) is 0.446. The number of nitrogens with zero attached hydrogens (tertiary/aromatic N) is 5. The highest BCUT2D eigenvalue weighted by Crippen LogP contribution is 2.51. The molecular formula is C19H22ClN8O3+. The highest BCUT2D eigenvalue weighted by Gasteiger charge is 2.78. The summed E-state index contributed by atoms with van der Waals surface area (Å²) in [4.78, 5) is 25.4. The van der Waals surface area contributed by atoms with Crippen molar-refractivity contribution in [1.82, 2.24) is 24.8 Å². The van der Waals surface area contributed by atoms with Crippen molar-refractivity contribution < 1.29 is 19.5 Å². The zero-order valence-corrected chi connectivity index (χ0v) is 17.4. The number of rotatable bonds is 4. The van der Waals surface area contributed by atoms with Crippen molar-refractivity contribution >= 4 is 40.6 Å². The van der Waals surface area contributed by atoms with Crippen LogP contribution < -0.4 is 16.4 Å². The molecule has 5 atom stereocenters. The summed E-state index contributed by atoms with van der Waals surface area (Å²) in [5, 5.41) is 27.7. The van der Waals surface area contributed by atoms with Crippen LogP contribution in [0.5, 0.6) is 0 Å². The second kappa shape index (κ2) is 7.02. The fraction of sp³-hybridized carbons (Fsp3) is 0.368. The molecule has 2 aliphatic heterocycles.